The first-order chi connectivity index (χ1) is 13.9. The van der Waals surface area contributed by atoms with Crippen molar-refractivity contribution in [1.29, 1.82) is 0 Å². The number of ketones is 1. The topological polar surface area (TPSA) is 39.1 Å². The first kappa shape index (κ1) is 20.3. The van der Waals surface area contributed by atoms with E-state index in [1.54, 1.807) is 6.08 Å². The Labute approximate surface area is 165 Å². The summed E-state index contributed by atoms with van der Waals surface area (Å²) in [5, 5.41) is 0. The lowest BCUT2D eigenvalue weighted by atomic mass is 9.92. The van der Waals surface area contributed by atoms with Crippen LogP contribution in [-0.4, -0.2) is 10.4 Å². The van der Waals surface area contributed by atoms with Crippen LogP contribution in [0.2, 0.25) is 0 Å². The number of hydrogen-bond donors (Lipinski definition) is 0. The van der Waals surface area contributed by atoms with Crippen molar-refractivity contribution in [1.82, 2.24) is 4.57 Å². The molecule has 1 atom stereocenters. The van der Waals surface area contributed by atoms with E-state index in [1.165, 1.54) is 18.3 Å². The molecule has 0 bridgehead atoms. The Bertz CT molecular complexity index is 1080. The summed E-state index contributed by atoms with van der Waals surface area (Å²) >= 11 is 0. The number of rotatable bonds is 7. The van der Waals surface area contributed by atoms with Gasteiger partial charge in [-0.3, -0.25) is 9.59 Å². The van der Waals surface area contributed by atoms with Gasteiger partial charge in [0, 0.05) is 18.5 Å². The monoisotopic (exact) mass is 397 g/mol. The molecule has 0 fully saturated rings. The normalized spacial score (nSPS) is 11.8. The van der Waals surface area contributed by atoms with Gasteiger partial charge in [0.05, 0.1) is 12.1 Å². The van der Waals surface area contributed by atoms with Gasteiger partial charge in [0.25, 0.3) is 5.56 Å². The predicted molar refractivity (Wildman–Crippen MR) is 104 cm³/mol. The summed E-state index contributed by atoms with van der Waals surface area (Å²) in [7, 11) is 0. The number of carbonyl (C=O) groups excluding carboxylic acids is 1. The zero-order valence-corrected chi connectivity index (χ0v) is 15.4. The van der Waals surface area contributed by atoms with Crippen LogP contribution in [0, 0.1) is 17.5 Å². The molecule has 0 aliphatic rings. The van der Waals surface area contributed by atoms with Gasteiger partial charge in [-0.15, -0.1) is 6.58 Å². The minimum atomic E-state index is -1.57. The molecule has 0 spiro atoms. The molecule has 3 nitrogen and oxygen atoms in total. The van der Waals surface area contributed by atoms with Crippen molar-refractivity contribution < 1.29 is 18.0 Å². The molecule has 148 valence electrons. The van der Waals surface area contributed by atoms with Gasteiger partial charge in [0.2, 0.25) is 0 Å². The highest BCUT2D eigenvalue weighted by molar-refractivity contribution is 5.96. The molecule has 0 saturated carbocycles. The standard InChI is InChI=1S/C23H18F3NO2/c1-2-16(17-7-4-3-5-8-17)13-21(28)18-9-6-10-27(23(18)29)14-15-11-19(24)22(26)20(25)12-15/h2-12,16H,1,13-14H2/t16-/m1/s1. The van der Waals surface area contributed by atoms with Gasteiger partial charge in [-0.2, -0.15) is 0 Å². The van der Waals surface area contributed by atoms with E-state index in [-0.39, 0.29) is 35.8 Å². The molecule has 2 aromatic carbocycles. The Morgan fingerprint density at radius 2 is 1.69 bits per heavy atom. The van der Waals surface area contributed by atoms with Gasteiger partial charge in [-0.1, -0.05) is 36.4 Å². The maximum absolute atomic E-state index is 13.4. The molecule has 29 heavy (non-hydrogen) atoms. The van der Waals surface area contributed by atoms with Crippen LogP contribution in [-0.2, 0) is 6.54 Å². The number of pyridine rings is 1. The molecule has 0 aliphatic carbocycles. The highest BCUT2D eigenvalue weighted by Gasteiger charge is 2.18. The molecular formula is C23H18F3NO2. The van der Waals surface area contributed by atoms with Crippen molar-refractivity contribution in [2.45, 2.75) is 18.9 Å². The maximum Gasteiger partial charge on any atom is 0.261 e. The first-order valence-electron chi connectivity index (χ1n) is 8.94. The summed E-state index contributed by atoms with van der Waals surface area (Å²) in [4.78, 5) is 25.4. The van der Waals surface area contributed by atoms with Gasteiger partial charge >= 0.3 is 0 Å². The highest BCUT2D eigenvalue weighted by Crippen LogP contribution is 2.22. The van der Waals surface area contributed by atoms with E-state index in [9.17, 15) is 22.8 Å². The highest BCUT2D eigenvalue weighted by atomic mass is 19.2. The van der Waals surface area contributed by atoms with Gasteiger partial charge < -0.3 is 4.57 Å². The Balaban J connectivity index is 1.85. The molecule has 0 N–H and O–H groups in total. The minimum absolute atomic E-state index is 0.0293. The Morgan fingerprint density at radius 1 is 1.03 bits per heavy atom. The van der Waals surface area contributed by atoms with Gasteiger partial charge in [0.15, 0.2) is 23.2 Å². The molecular weight excluding hydrogens is 379 g/mol. The van der Waals surface area contributed by atoms with Gasteiger partial charge in [-0.05, 0) is 35.4 Å². The zero-order chi connectivity index (χ0) is 21.0. The summed E-state index contributed by atoms with van der Waals surface area (Å²) in [6.07, 6.45) is 3.12. The lowest BCUT2D eigenvalue weighted by molar-refractivity contribution is 0.0976. The smallest absolute Gasteiger partial charge is 0.261 e. The number of nitrogens with zero attached hydrogens (tertiary/aromatic N) is 1. The number of benzene rings is 2. The molecule has 3 rings (SSSR count). The van der Waals surface area contributed by atoms with Crippen molar-refractivity contribution in [3.05, 3.63) is 118 Å². The van der Waals surface area contributed by atoms with Crippen LogP contribution in [0.4, 0.5) is 13.2 Å². The Hall–Kier alpha value is -3.41. The third kappa shape index (κ3) is 4.54. The second-order valence-corrected chi connectivity index (χ2v) is 6.61. The quantitative estimate of drug-likeness (QED) is 0.325. The second kappa shape index (κ2) is 8.73. The van der Waals surface area contributed by atoms with Crippen LogP contribution in [0.3, 0.4) is 0 Å². The molecule has 1 heterocycles. The summed E-state index contributed by atoms with van der Waals surface area (Å²) in [6.45, 7) is 3.57. The van der Waals surface area contributed by atoms with E-state index < -0.39 is 23.0 Å². The molecule has 6 heteroatoms. The van der Waals surface area contributed by atoms with E-state index in [2.05, 4.69) is 6.58 Å². The molecule has 0 unspecified atom stereocenters. The van der Waals surface area contributed by atoms with Gasteiger partial charge in [-0.25, -0.2) is 13.2 Å². The average molecular weight is 397 g/mol. The molecule has 0 aliphatic heterocycles. The second-order valence-electron chi connectivity index (χ2n) is 6.61. The van der Waals surface area contributed by atoms with E-state index >= 15 is 0 Å². The van der Waals surface area contributed by atoms with Crippen LogP contribution < -0.4 is 5.56 Å². The largest absolute Gasteiger partial charge is 0.310 e. The van der Waals surface area contributed by atoms with Crippen LogP contribution in [0.1, 0.15) is 33.8 Å². The van der Waals surface area contributed by atoms with Crippen molar-refractivity contribution in [2.75, 3.05) is 0 Å². The van der Waals surface area contributed by atoms with Gasteiger partial charge in [0.1, 0.15) is 0 Å². The van der Waals surface area contributed by atoms with Crippen LogP contribution in [0.5, 0.6) is 0 Å². The van der Waals surface area contributed by atoms with Crippen molar-refractivity contribution in [3.63, 3.8) is 0 Å². The fourth-order valence-electron chi connectivity index (χ4n) is 3.12. The fourth-order valence-corrected chi connectivity index (χ4v) is 3.12. The lowest BCUT2D eigenvalue weighted by Gasteiger charge is -2.13. The number of halogens is 3. The van der Waals surface area contributed by atoms with E-state index in [1.807, 2.05) is 30.3 Å². The molecule has 1 aromatic heterocycles. The van der Waals surface area contributed by atoms with Crippen LogP contribution >= 0.6 is 0 Å². The molecule has 0 amide bonds. The first-order valence-corrected chi connectivity index (χ1v) is 8.94. The Kier molecular flexibility index (Phi) is 6.12. The van der Waals surface area contributed by atoms with Crippen molar-refractivity contribution in [3.8, 4) is 0 Å². The summed E-state index contributed by atoms with van der Waals surface area (Å²) in [6, 6.07) is 13.9. The number of hydrogen-bond acceptors (Lipinski definition) is 2. The van der Waals surface area contributed by atoms with E-state index in [0.29, 0.717) is 0 Å². The van der Waals surface area contributed by atoms with Crippen molar-refractivity contribution >= 4 is 5.78 Å². The lowest BCUT2D eigenvalue weighted by Crippen LogP contribution is -2.26. The van der Waals surface area contributed by atoms with E-state index in [0.717, 1.165) is 22.3 Å². The van der Waals surface area contributed by atoms with Crippen LogP contribution in [0.25, 0.3) is 0 Å². The number of allylic oxidation sites excluding steroid dienone is 1. The number of aromatic nitrogens is 1. The fraction of sp³-hybridized carbons (Fsp3) is 0.130. The minimum Gasteiger partial charge on any atom is -0.310 e. The SMILES string of the molecule is C=C[C@H](CC(=O)c1cccn(Cc2cc(F)c(F)c(F)c2)c1=O)c1ccccc1. The van der Waals surface area contributed by atoms with Crippen molar-refractivity contribution in [2.24, 2.45) is 0 Å². The molecule has 0 saturated heterocycles. The maximum atomic E-state index is 13.4. The zero-order valence-electron chi connectivity index (χ0n) is 15.4. The number of Topliss-reactive ketones (excluding diaryl/α,β-unsaturated/α-hetero) is 1. The summed E-state index contributed by atoms with van der Waals surface area (Å²) < 4.78 is 41.1. The Morgan fingerprint density at radius 3 is 2.31 bits per heavy atom. The van der Waals surface area contributed by atoms with Crippen LogP contribution in [0.15, 0.2) is 78.2 Å². The summed E-state index contributed by atoms with van der Waals surface area (Å²) in [5.41, 5.74) is 0.363. The van der Waals surface area contributed by atoms with E-state index in [4.69, 9.17) is 0 Å². The third-order valence-electron chi connectivity index (χ3n) is 4.63. The number of carbonyl (C=O) groups is 1. The molecule has 0 radical (unpaired) electrons. The third-order valence-corrected chi connectivity index (χ3v) is 4.63. The summed E-state index contributed by atoms with van der Waals surface area (Å²) in [5.74, 6) is -4.86. The molecule has 3 aromatic rings. The average Bonchev–Trinajstić information content (AvgIpc) is 2.72. The predicted octanol–water partition coefficient (Wildman–Crippen LogP) is 4.86.